The van der Waals surface area contributed by atoms with Gasteiger partial charge in [-0.25, -0.2) is 4.39 Å². The molecule has 3 aliphatic rings. The molecule has 0 aliphatic carbocycles. The number of rotatable bonds is 3. The molecule has 1 aromatic rings. The fourth-order valence-corrected chi connectivity index (χ4v) is 5.69. The summed E-state index contributed by atoms with van der Waals surface area (Å²) in [5, 5.41) is 0. The zero-order chi connectivity index (χ0) is 21.6. The summed E-state index contributed by atoms with van der Waals surface area (Å²) in [5.41, 5.74) is 6.92. The number of carbonyl (C=O) groups excluding carboxylic acids is 2. The molecule has 5 nitrogen and oxygen atoms in total. The molecule has 3 aliphatic heterocycles. The molecule has 2 amide bonds. The van der Waals surface area contributed by atoms with Gasteiger partial charge in [0, 0.05) is 31.6 Å². The minimum Gasteiger partial charge on any atom is -0.341 e. The molecule has 0 aromatic heterocycles. The average Bonchev–Trinajstić information content (AvgIpc) is 2.69. The van der Waals surface area contributed by atoms with Crippen LogP contribution in [-0.2, 0) is 16.0 Å². The van der Waals surface area contributed by atoms with Crippen molar-refractivity contribution in [1.82, 2.24) is 9.80 Å². The number of amides is 2. The number of likely N-dealkylation sites (tertiary alicyclic amines) is 1. The van der Waals surface area contributed by atoms with E-state index < -0.39 is 6.04 Å². The molecule has 0 radical (unpaired) electrons. The Morgan fingerprint density at radius 3 is 2.70 bits per heavy atom. The van der Waals surface area contributed by atoms with Crippen LogP contribution in [0.5, 0.6) is 0 Å². The maximum absolute atomic E-state index is 13.8. The van der Waals surface area contributed by atoms with E-state index in [-0.39, 0.29) is 41.0 Å². The summed E-state index contributed by atoms with van der Waals surface area (Å²) in [6.45, 7) is 7.29. The molecule has 164 valence electrons. The summed E-state index contributed by atoms with van der Waals surface area (Å²) in [6.07, 6.45) is 4.13. The maximum Gasteiger partial charge on any atom is 0.240 e. The molecule has 5 atom stereocenters. The van der Waals surface area contributed by atoms with Crippen molar-refractivity contribution >= 4 is 11.8 Å². The standard InChI is InChI=1S/C24H34FN3O2/c1-24(2,3)22(26)23(30)27-13-16-12-17(14-27)20(11-15-6-4-7-18(25)10-15)28-19(16)8-5-9-21(28)29/h4,6-7,10,16-17,19-20,22H,5,8-9,11-14,26H2,1-3H3/t16-,17+,19+,20+,22-/m1/s1. The minimum absolute atomic E-state index is 0.00214. The Morgan fingerprint density at radius 1 is 1.27 bits per heavy atom. The first kappa shape index (κ1) is 21.3. The normalized spacial score (nSPS) is 30.1. The second-order valence-corrected chi connectivity index (χ2v) is 10.5. The second-order valence-electron chi connectivity index (χ2n) is 10.5. The average molecular weight is 416 g/mol. The molecule has 1 aromatic carbocycles. The lowest BCUT2D eigenvalue weighted by Gasteiger charge is -2.57. The highest BCUT2D eigenvalue weighted by Gasteiger charge is 2.50. The van der Waals surface area contributed by atoms with Gasteiger partial charge >= 0.3 is 0 Å². The van der Waals surface area contributed by atoms with Crippen molar-refractivity contribution < 1.29 is 14.0 Å². The topological polar surface area (TPSA) is 66.6 Å². The van der Waals surface area contributed by atoms with Crippen LogP contribution in [0.15, 0.2) is 24.3 Å². The van der Waals surface area contributed by atoms with Gasteiger partial charge in [-0.1, -0.05) is 32.9 Å². The molecular weight excluding hydrogens is 381 g/mol. The largest absolute Gasteiger partial charge is 0.341 e. The van der Waals surface area contributed by atoms with Crippen molar-refractivity contribution in [1.29, 1.82) is 0 Å². The van der Waals surface area contributed by atoms with E-state index in [0.29, 0.717) is 31.8 Å². The first-order valence-electron chi connectivity index (χ1n) is 11.2. The molecule has 0 saturated carbocycles. The molecule has 3 saturated heterocycles. The number of fused-ring (bicyclic) bond motifs is 4. The zero-order valence-electron chi connectivity index (χ0n) is 18.3. The van der Waals surface area contributed by atoms with Gasteiger partial charge < -0.3 is 15.5 Å². The van der Waals surface area contributed by atoms with Crippen LogP contribution < -0.4 is 5.73 Å². The third-order valence-electron chi connectivity index (χ3n) is 7.34. The summed E-state index contributed by atoms with van der Waals surface area (Å²) < 4.78 is 13.8. The fraction of sp³-hybridized carbons (Fsp3) is 0.667. The number of nitrogens with two attached hydrogens (primary N) is 1. The van der Waals surface area contributed by atoms with Crippen molar-refractivity contribution in [2.75, 3.05) is 13.1 Å². The number of halogens is 1. The molecule has 3 heterocycles. The van der Waals surface area contributed by atoms with Crippen LogP contribution in [0.25, 0.3) is 0 Å². The highest BCUT2D eigenvalue weighted by Crippen LogP contribution is 2.43. The Bertz CT molecular complexity index is 821. The van der Waals surface area contributed by atoms with E-state index in [9.17, 15) is 14.0 Å². The fourth-order valence-electron chi connectivity index (χ4n) is 5.69. The van der Waals surface area contributed by atoms with Gasteiger partial charge in [0.2, 0.25) is 11.8 Å². The summed E-state index contributed by atoms with van der Waals surface area (Å²) in [6, 6.07) is 6.30. The van der Waals surface area contributed by atoms with Crippen molar-refractivity contribution in [2.24, 2.45) is 23.0 Å². The summed E-state index contributed by atoms with van der Waals surface area (Å²) in [5.74, 6) is 0.472. The molecule has 3 fully saturated rings. The molecule has 6 heteroatoms. The van der Waals surface area contributed by atoms with Crippen LogP contribution >= 0.6 is 0 Å². The smallest absolute Gasteiger partial charge is 0.240 e. The lowest BCUT2D eigenvalue weighted by atomic mass is 9.70. The van der Waals surface area contributed by atoms with Gasteiger partial charge in [-0.05, 0) is 60.6 Å². The number of carbonyl (C=O) groups is 2. The molecule has 2 bridgehead atoms. The number of piperidine rings is 3. The second kappa shape index (κ2) is 7.95. The Labute approximate surface area is 178 Å². The van der Waals surface area contributed by atoms with Crippen molar-refractivity contribution in [3.8, 4) is 0 Å². The van der Waals surface area contributed by atoms with Crippen LogP contribution in [0, 0.1) is 23.1 Å². The van der Waals surface area contributed by atoms with Gasteiger partial charge in [-0.3, -0.25) is 9.59 Å². The van der Waals surface area contributed by atoms with E-state index in [2.05, 4.69) is 4.90 Å². The van der Waals surface area contributed by atoms with Crippen LogP contribution in [0.1, 0.15) is 52.0 Å². The molecule has 30 heavy (non-hydrogen) atoms. The summed E-state index contributed by atoms with van der Waals surface area (Å²) in [7, 11) is 0. The number of hydrogen-bond donors (Lipinski definition) is 1. The quantitative estimate of drug-likeness (QED) is 0.825. The predicted octanol–water partition coefficient (Wildman–Crippen LogP) is 2.97. The van der Waals surface area contributed by atoms with E-state index in [1.54, 1.807) is 12.1 Å². The van der Waals surface area contributed by atoms with Gasteiger partial charge in [-0.15, -0.1) is 0 Å². The van der Waals surface area contributed by atoms with Gasteiger partial charge in [0.25, 0.3) is 0 Å². The van der Waals surface area contributed by atoms with E-state index in [4.69, 9.17) is 5.73 Å². The molecule has 0 spiro atoms. The Hall–Kier alpha value is -1.95. The van der Waals surface area contributed by atoms with Crippen molar-refractivity contribution in [2.45, 2.75) is 71.0 Å². The highest BCUT2D eigenvalue weighted by molar-refractivity contribution is 5.83. The number of nitrogens with zero attached hydrogens (tertiary/aromatic N) is 2. The van der Waals surface area contributed by atoms with Crippen LogP contribution in [0.4, 0.5) is 4.39 Å². The van der Waals surface area contributed by atoms with E-state index in [1.165, 1.54) is 6.07 Å². The first-order valence-corrected chi connectivity index (χ1v) is 11.2. The maximum atomic E-state index is 13.8. The third-order valence-corrected chi connectivity index (χ3v) is 7.34. The van der Waals surface area contributed by atoms with E-state index in [0.717, 1.165) is 24.8 Å². The van der Waals surface area contributed by atoms with Crippen LogP contribution in [0.2, 0.25) is 0 Å². The zero-order valence-corrected chi connectivity index (χ0v) is 18.3. The molecule has 0 unspecified atom stereocenters. The molecular formula is C24H34FN3O2. The predicted molar refractivity (Wildman–Crippen MR) is 114 cm³/mol. The summed E-state index contributed by atoms with van der Waals surface area (Å²) >= 11 is 0. The van der Waals surface area contributed by atoms with Gasteiger partial charge in [0.05, 0.1) is 6.04 Å². The van der Waals surface area contributed by atoms with Gasteiger partial charge in [0.15, 0.2) is 0 Å². The van der Waals surface area contributed by atoms with Gasteiger partial charge in [0.1, 0.15) is 5.82 Å². The number of benzene rings is 1. The number of hydrogen-bond acceptors (Lipinski definition) is 3. The monoisotopic (exact) mass is 415 g/mol. The Kier molecular flexibility index (Phi) is 5.64. The Balaban J connectivity index is 1.62. The first-order chi connectivity index (χ1) is 14.1. The highest BCUT2D eigenvalue weighted by atomic mass is 19.1. The van der Waals surface area contributed by atoms with Crippen LogP contribution in [-0.4, -0.2) is 52.8 Å². The van der Waals surface area contributed by atoms with Crippen LogP contribution in [0.3, 0.4) is 0 Å². The van der Waals surface area contributed by atoms with Crippen molar-refractivity contribution in [3.63, 3.8) is 0 Å². The van der Waals surface area contributed by atoms with E-state index in [1.807, 2.05) is 31.7 Å². The van der Waals surface area contributed by atoms with Gasteiger partial charge in [-0.2, -0.15) is 0 Å². The minimum atomic E-state index is -0.540. The lowest BCUT2D eigenvalue weighted by molar-refractivity contribution is -0.157. The lowest BCUT2D eigenvalue weighted by Crippen LogP contribution is -2.67. The molecule has 2 N–H and O–H groups in total. The third kappa shape index (κ3) is 3.98. The SMILES string of the molecule is CC(C)(C)[C@H](N)C(=O)N1C[C@H]2C[C@@H](C1)[C@H](Cc1cccc(F)c1)N1C(=O)CCC[C@@H]21. The molecule has 4 rings (SSSR count). The Morgan fingerprint density at radius 2 is 2.00 bits per heavy atom. The summed E-state index contributed by atoms with van der Waals surface area (Å²) in [4.78, 5) is 30.2. The van der Waals surface area contributed by atoms with E-state index >= 15 is 0 Å². The van der Waals surface area contributed by atoms with Crippen molar-refractivity contribution in [3.05, 3.63) is 35.6 Å².